The van der Waals surface area contributed by atoms with Gasteiger partial charge in [0.1, 0.15) is 5.69 Å². The molecule has 1 aliphatic rings. The summed E-state index contributed by atoms with van der Waals surface area (Å²) < 4.78 is 7.45. The van der Waals surface area contributed by atoms with Crippen LogP contribution in [-0.4, -0.2) is 27.4 Å². The molecule has 2 heterocycles. The normalized spacial score (nSPS) is 15.2. The van der Waals surface area contributed by atoms with E-state index in [1.807, 2.05) is 19.3 Å². The summed E-state index contributed by atoms with van der Waals surface area (Å²) in [5, 5.41) is 7.78. The minimum atomic E-state index is 0.751. The average Bonchev–Trinajstić information content (AvgIpc) is 2.88. The van der Waals surface area contributed by atoms with Gasteiger partial charge in [-0.2, -0.15) is 5.10 Å². The van der Waals surface area contributed by atoms with Crippen LogP contribution in [0.25, 0.3) is 11.5 Å². The lowest BCUT2D eigenvalue weighted by atomic mass is 10.3. The van der Waals surface area contributed by atoms with Crippen LogP contribution < -0.4 is 5.32 Å². The van der Waals surface area contributed by atoms with Gasteiger partial charge in [-0.3, -0.25) is 4.68 Å². The van der Waals surface area contributed by atoms with Crippen LogP contribution in [0.3, 0.4) is 0 Å². The first kappa shape index (κ1) is 11.5. The molecule has 0 saturated heterocycles. The minimum absolute atomic E-state index is 0.751. The molecule has 3 rings (SSSR count). The number of aryl methyl sites for hydroxylation is 2. The van der Waals surface area contributed by atoms with Crippen molar-refractivity contribution in [3.8, 4) is 11.5 Å². The van der Waals surface area contributed by atoms with Crippen molar-refractivity contribution in [2.24, 2.45) is 7.05 Å². The van der Waals surface area contributed by atoms with Crippen LogP contribution in [0.1, 0.15) is 25.2 Å². The van der Waals surface area contributed by atoms with Gasteiger partial charge in [-0.1, -0.05) is 0 Å². The van der Waals surface area contributed by atoms with Gasteiger partial charge in [-0.15, -0.1) is 0 Å². The van der Waals surface area contributed by atoms with Crippen LogP contribution >= 0.6 is 0 Å². The Morgan fingerprint density at radius 3 is 3.11 bits per heavy atom. The van der Waals surface area contributed by atoms with Gasteiger partial charge in [-0.25, -0.2) is 4.98 Å². The Morgan fingerprint density at radius 1 is 1.50 bits per heavy atom. The van der Waals surface area contributed by atoms with E-state index < -0.39 is 0 Å². The predicted octanol–water partition coefficient (Wildman–Crippen LogP) is 1.76. The van der Waals surface area contributed by atoms with E-state index in [1.54, 1.807) is 10.9 Å². The fourth-order valence-corrected chi connectivity index (χ4v) is 1.92. The molecule has 0 bridgehead atoms. The molecule has 1 N–H and O–H groups in total. The topological polar surface area (TPSA) is 55.9 Å². The molecule has 18 heavy (non-hydrogen) atoms. The third kappa shape index (κ3) is 2.79. The molecule has 0 aliphatic heterocycles. The SMILES string of the molecule is Cn1ccc(-c2cnc(CCCNC3CC3)o2)n1. The molecule has 0 unspecified atom stereocenters. The molecular weight excluding hydrogens is 228 g/mol. The van der Waals surface area contributed by atoms with E-state index in [1.165, 1.54) is 12.8 Å². The second-order valence-corrected chi connectivity index (χ2v) is 4.82. The fourth-order valence-electron chi connectivity index (χ4n) is 1.92. The quantitative estimate of drug-likeness (QED) is 0.789. The zero-order valence-corrected chi connectivity index (χ0v) is 10.6. The summed E-state index contributed by atoms with van der Waals surface area (Å²) in [6.45, 7) is 1.05. The monoisotopic (exact) mass is 246 g/mol. The van der Waals surface area contributed by atoms with E-state index in [9.17, 15) is 0 Å². The van der Waals surface area contributed by atoms with Gasteiger partial charge in [-0.05, 0) is 31.9 Å². The Bertz CT molecular complexity index is 513. The standard InChI is InChI=1S/C13H18N4O/c1-17-8-6-11(16-17)12-9-15-13(18-12)3-2-7-14-10-4-5-10/h6,8-10,14H,2-5,7H2,1H3. The van der Waals surface area contributed by atoms with E-state index in [0.29, 0.717) is 0 Å². The zero-order chi connectivity index (χ0) is 12.4. The molecular formula is C13H18N4O. The maximum absolute atomic E-state index is 5.69. The van der Waals surface area contributed by atoms with Gasteiger partial charge < -0.3 is 9.73 Å². The highest BCUT2D eigenvalue weighted by atomic mass is 16.4. The van der Waals surface area contributed by atoms with Crippen LogP contribution in [0, 0.1) is 0 Å². The number of hydrogen-bond acceptors (Lipinski definition) is 4. The Balaban J connectivity index is 1.52. The van der Waals surface area contributed by atoms with E-state index in [0.717, 1.165) is 42.8 Å². The lowest BCUT2D eigenvalue weighted by Crippen LogP contribution is -2.17. The lowest BCUT2D eigenvalue weighted by molar-refractivity contribution is 0.489. The Hall–Kier alpha value is -1.62. The highest BCUT2D eigenvalue weighted by Gasteiger charge is 2.19. The van der Waals surface area contributed by atoms with E-state index in [4.69, 9.17) is 4.42 Å². The third-order valence-corrected chi connectivity index (χ3v) is 3.10. The lowest BCUT2D eigenvalue weighted by Gasteiger charge is -1.99. The summed E-state index contributed by atoms with van der Waals surface area (Å²) in [7, 11) is 1.89. The van der Waals surface area contributed by atoms with Crippen LogP contribution in [0.4, 0.5) is 0 Å². The van der Waals surface area contributed by atoms with Gasteiger partial charge in [0, 0.05) is 25.7 Å². The van der Waals surface area contributed by atoms with Crippen molar-refractivity contribution in [3.63, 3.8) is 0 Å². The number of rotatable bonds is 6. The van der Waals surface area contributed by atoms with Crippen molar-refractivity contribution < 1.29 is 4.42 Å². The van der Waals surface area contributed by atoms with Crippen LogP contribution in [0.15, 0.2) is 22.9 Å². The summed E-state index contributed by atoms with van der Waals surface area (Å²) in [4.78, 5) is 4.29. The second kappa shape index (κ2) is 4.94. The third-order valence-electron chi connectivity index (χ3n) is 3.10. The Morgan fingerprint density at radius 2 is 2.39 bits per heavy atom. The van der Waals surface area contributed by atoms with Crippen molar-refractivity contribution in [2.45, 2.75) is 31.7 Å². The molecule has 1 aliphatic carbocycles. The first-order valence-corrected chi connectivity index (χ1v) is 6.49. The molecule has 5 nitrogen and oxygen atoms in total. The van der Waals surface area contributed by atoms with E-state index in [-0.39, 0.29) is 0 Å². The van der Waals surface area contributed by atoms with Gasteiger partial charge in [0.2, 0.25) is 0 Å². The zero-order valence-electron chi connectivity index (χ0n) is 10.6. The van der Waals surface area contributed by atoms with Gasteiger partial charge in [0.25, 0.3) is 0 Å². The molecule has 2 aromatic heterocycles. The van der Waals surface area contributed by atoms with Crippen molar-refractivity contribution in [2.75, 3.05) is 6.54 Å². The summed E-state index contributed by atoms with van der Waals surface area (Å²) in [5.74, 6) is 1.55. The summed E-state index contributed by atoms with van der Waals surface area (Å²) >= 11 is 0. The van der Waals surface area contributed by atoms with Crippen molar-refractivity contribution in [3.05, 3.63) is 24.4 Å². The number of nitrogens with one attached hydrogen (secondary N) is 1. The molecule has 1 saturated carbocycles. The van der Waals surface area contributed by atoms with Crippen molar-refractivity contribution in [1.82, 2.24) is 20.1 Å². The van der Waals surface area contributed by atoms with Crippen molar-refractivity contribution in [1.29, 1.82) is 0 Å². The maximum Gasteiger partial charge on any atom is 0.195 e. The number of hydrogen-bond donors (Lipinski definition) is 1. The fraction of sp³-hybridized carbons (Fsp3) is 0.538. The summed E-state index contributed by atoms with van der Waals surface area (Å²) in [6, 6.07) is 2.71. The molecule has 1 fully saturated rings. The molecule has 0 aromatic carbocycles. The predicted molar refractivity (Wildman–Crippen MR) is 68.1 cm³/mol. The van der Waals surface area contributed by atoms with Crippen LogP contribution in [-0.2, 0) is 13.5 Å². The van der Waals surface area contributed by atoms with Crippen LogP contribution in [0.5, 0.6) is 0 Å². The Labute approximate surface area is 106 Å². The molecule has 2 aromatic rings. The van der Waals surface area contributed by atoms with Gasteiger partial charge in [0.05, 0.1) is 6.20 Å². The summed E-state index contributed by atoms with van der Waals surface area (Å²) in [6.07, 6.45) is 8.28. The molecule has 5 heteroatoms. The molecule has 0 atom stereocenters. The molecule has 0 radical (unpaired) electrons. The highest BCUT2D eigenvalue weighted by Crippen LogP contribution is 2.19. The smallest absolute Gasteiger partial charge is 0.195 e. The highest BCUT2D eigenvalue weighted by molar-refractivity contribution is 5.49. The van der Waals surface area contributed by atoms with Gasteiger partial charge >= 0.3 is 0 Å². The van der Waals surface area contributed by atoms with Gasteiger partial charge in [0.15, 0.2) is 11.7 Å². The number of aromatic nitrogens is 3. The first-order valence-electron chi connectivity index (χ1n) is 6.49. The Kier molecular flexibility index (Phi) is 3.15. The molecule has 0 amide bonds. The number of oxazole rings is 1. The van der Waals surface area contributed by atoms with E-state index in [2.05, 4.69) is 15.4 Å². The second-order valence-electron chi connectivity index (χ2n) is 4.82. The largest absolute Gasteiger partial charge is 0.439 e. The molecule has 96 valence electrons. The van der Waals surface area contributed by atoms with Crippen molar-refractivity contribution >= 4 is 0 Å². The minimum Gasteiger partial charge on any atom is -0.439 e. The summed E-state index contributed by atoms with van der Waals surface area (Å²) in [5.41, 5.74) is 0.840. The average molecular weight is 246 g/mol. The number of nitrogens with zero attached hydrogens (tertiary/aromatic N) is 3. The van der Waals surface area contributed by atoms with Crippen LogP contribution in [0.2, 0.25) is 0 Å². The molecule has 0 spiro atoms. The van der Waals surface area contributed by atoms with E-state index >= 15 is 0 Å². The first-order chi connectivity index (χ1) is 8.81. The maximum atomic E-state index is 5.69.